The number of nitrogens with one attached hydrogen (secondary N) is 1. The fourth-order valence-corrected chi connectivity index (χ4v) is 1.28. The van der Waals surface area contributed by atoms with Gasteiger partial charge in [0, 0.05) is 25.0 Å². The summed E-state index contributed by atoms with van der Waals surface area (Å²) in [6, 6.07) is -0.0815. The molecule has 0 saturated heterocycles. The van der Waals surface area contributed by atoms with Crippen LogP contribution in [0.25, 0.3) is 0 Å². The summed E-state index contributed by atoms with van der Waals surface area (Å²) in [5.74, 6) is -0.238. The Hall–Kier alpha value is -1.49. The zero-order chi connectivity index (χ0) is 12.2. The molecule has 5 nitrogen and oxygen atoms in total. The van der Waals surface area contributed by atoms with Gasteiger partial charge in [0.15, 0.2) is 0 Å². The van der Waals surface area contributed by atoms with E-state index in [9.17, 15) is 4.79 Å². The second kappa shape index (κ2) is 5.03. The molecule has 1 atom stereocenters. The SMILES string of the molecule is CC(C)(C)C(CN)NC(=O)c1cnccn1. The molecule has 1 heterocycles. The molecule has 0 radical (unpaired) electrons. The molecule has 0 fully saturated rings. The topological polar surface area (TPSA) is 80.9 Å². The highest BCUT2D eigenvalue weighted by atomic mass is 16.1. The zero-order valence-corrected chi connectivity index (χ0v) is 9.90. The molecule has 0 aliphatic heterocycles. The summed E-state index contributed by atoms with van der Waals surface area (Å²) >= 11 is 0. The molecule has 0 spiro atoms. The standard InChI is InChI=1S/C11H18N4O/c1-11(2,3)9(6-12)15-10(16)8-7-13-4-5-14-8/h4-5,7,9H,6,12H2,1-3H3,(H,15,16). The molecule has 5 heteroatoms. The maximum Gasteiger partial charge on any atom is 0.271 e. The van der Waals surface area contributed by atoms with Gasteiger partial charge in [0.1, 0.15) is 5.69 Å². The number of rotatable bonds is 3. The van der Waals surface area contributed by atoms with Crippen LogP contribution in [0.4, 0.5) is 0 Å². The van der Waals surface area contributed by atoms with Gasteiger partial charge in [0.05, 0.1) is 6.20 Å². The summed E-state index contributed by atoms with van der Waals surface area (Å²) in [5.41, 5.74) is 5.87. The minimum Gasteiger partial charge on any atom is -0.346 e. The zero-order valence-electron chi connectivity index (χ0n) is 9.90. The molecule has 0 saturated carbocycles. The van der Waals surface area contributed by atoms with E-state index in [0.29, 0.717) is 12.2 Å². The first-order valence-corrected chi connectivity index (χ1v) is 5.22. The van der Waals surface area contributed by atoms with Crippen LogP contribution in [0, 0.1) is 5.41 Å². The molecule has 0 aliphatic rings. The number of nitrogens with zero attached hydrogens (tertiary/aromatic N) is 2. The number of nitrogens with two attached hydrogens (primary N) is 1. The number of amides is 1. The average Bonchev–Trinajstić information content (AvgIpc) is 2.25. The summed E-state index contributed by atoms with van der Waals surface area (Å²) in [7, 11) is 0. The van der Waals surface area contributed by atoms with E-state index in [1.54, 1.807) is 0 Å². The molecule has 1 rings (SSSR count). The fraction of sp³-hybridized carbons (Fsp3) is 0.545. The van der Waals surface area contributed by atoms with Crippen LogP contribution in [-0.4, -0.2) is 28.5 Å². The number of carbonyl (C=O) groups excluding carboxylic acids is 1. The van der Waals surface area contributed by atoms with Gasteiger partial charge in [-0.25, -0.2) is 4.98 Å². The van der Waals surface area contributed by atoms with Crippen LogP contribution >= 0.6 is 0 Å². The van der Waals surface area contributed by atoms with Gasteiger partial charge in [-0.15, -0.1) is 0 Å². The monoisotopic (exact) mass is 222 g/mol. The lowest BCUT2D eigenvalue weighted by molar-refractivity contribution is 0.0900. The Labute approximate surface area is 95.5 Å². The van der Waals surface area contributed by atoms with E-state index < -0.39 is 0 Å². The molecule has 0 aliphatic carbocycles. The highest BCUT2D eigenvalue weighted by Gasteiger charge is 2.25. The number of hydrogen-bond acceptors (Lipinski definition) is 4. The molecule has 16 heavy (non-hydrogen) atoms. The molecule has 1 unspecified atom stereocenters. The first-order valence-electron chi connectivity index (χ1n) is 5.22. The largest absolute Gasteiger partial charge is 0.346 e. The van der Waals surface area contributed by atoms with E-state index in [4.69, 9.17) is 5.73 Å². The second-order valence-electron chi connectivity index (χ2n) is 4.72. The Kier molecular flexibility index (Phi) is 3.95. The van der Waals surface area contributed by atoms with E-state index in [2.05, 4.69) is 15.3 Å². The lowest BCUT2D eigenvalue weighted by atomic mass is 9.87. The van der Waals surface area contributed by atoms with Gasteiger partial charge in [0.2, 0.25) is 0 Å². The summed E-state index contributed by atoms with van der Waals surface area (Å²) in [6.07, 6.45) is 4.45. The number of carbonyl (C=O) groups is 1. The van der Waals surface area contributed by atoms with Crippen LogP contribution in [0.1, 0.15) is 31.3 Å². The van der Waals surface area contributed by atoms with Crippen molar-refractivity contribution in [3.63, 3.8) is 0 Å². The first-order chi connectivity index (χ1) is 7.45. The molecule has 3 N–H and O–H groups in total. The molecule has 1 aromatic heterocycles. The highest BCUT2D eigenvalue weighted by Crippen LogP contribution is 2.18. The lowest BCUT2D eigenvalue weighted by Gasteiger charge is -2.30. The van der Waals surface area contributed by atoms with E-state index >= 15 is 0 Å². The molecular weight excluding hydrogens is 204 g/mol. The van der Waals surface area contributed by atoms with Crippen LogP contribution in [0.15, 0.2) is 18.6 Å². The molecule has 88 valence electrons. The van der Waals surface area contributed by atoms with Gasteiger partial charge in [-0.3, -0.25) is 9.78 Å². The molecule has 1 aromatic rings. The van der Waals surface area contributed by atoms with Crippen molar-refractivity contribution in [2.24, 2.45) is 11.1 Å². The molecular formula is C11H18N4O. The van der Waals surface area contributed by atoms with Crippen molar-refractivity contribution in [1.82, 2.24) is 15.3 Å². The third kappa shape index (κ3) is 3.27. The van der Waals surface area contributed by atoms with Crippen LogP contribution in [0.2, 0.25) is 0 Å². The Bertz CT molecular complexity index is 345. The van der Waals surface area contributed by atoms with E-state index in [-0.39, 0.29) is 17.4 Å². The smallest absolute Gasteiger partial charge is 0.271 e. The van der Waals surface area contributed by atoms with Crippen molar-refractivity contribution < 1.29 is 4.79 Å². The first kappa shape index (κ1) is 12.6. The predicted octanol–water partition coefficient (Wildman–Crippen LogP) is 0.580. The third-order valence-corrected chi connectivity index (χ3v) is 2.38. The minimum atomic E-state index is -0.238. The van der Waals surface area contributed by atoms with Gasteiger partial charge in [-0.2, -0.15) is 0 Å². The van der Waals surface area contributed by atoms with Crippen molar-refractivity contribution >= 4 is 5.91 Å². The van der Waals surface area contributed by atoms with E-state index in [0.717, 1.165) is 0 Å². The van der Waals surface area contributed by atoms with Gasteiger partial charge in [-0.1, -0.05) is 20.8 Å². The maximum absolute atomic E-state index is 11.8. The van der Waals surface area contributed by atoms with Crippen molar-refractivity contribution in [3.8, 4) is 0 Å². The minimum absolute atomic E-state index is 0.0768. The quantitative estimate of drug-likeness (QED) is 0.784. The molecule has 1 amide bonds. The average molecular weight is 222 g/mol. The molecule has 0 bridgehead atoms. The summed E-state index contributed by atoms with van der Waals surface area (Å²) < 4.78 is 0. The Morgan fingerprint density at radius 2 is 2.19 bits per heavy atom. The summed E-state index contributed by atoms with van der Waals surface area (Å²) in [6.45, 7) is 6.49. The van der Waals surface area contributed by atoms with E-state index in [1.165, 1.54) is 18.6 Å². The lowest BCUT2D eigenvalue weighted by Crippen LogP contribution is -2.48. The van der Waals surface area contributed by atoms with Crippen molar-refractivity contribution in [2.75, 3.05) is 6.54 Å². The van der Waals surface area contributed by atoms with Crippen LogP contribution in [-0.2, 0) is 0 Å². The fourth-order valence-electron chi connectivity index (χ4n) is 1.28. The van der Waals surface area contributed by atoms with Crippen LogP contribution in [0.5, 0.6) is 0 Å². The van der Waals surface area contributed by atoms with E-state index in [1.807, 2.05) is 20.8 Å². The summed E-state index contributed by atoms with van der Waals surface area (Å²) in [5, 5.41) is 2.86. The van der Waals surface area contributed by atoms with Crippen LogP contribution < -0.4 is 11.1 Å². The van der Waals surface area contributed by atoms with Gasteiger partial charge in [0.25, 0.3) is 5.91 Å². The maximum atomic E-state index is 11.8. The molecule has 0 aromatic carbocycles. The van der Waals surface area contributed by atoms with Crippen molar-refractivity contribution in [3.05, 3.63) is 24.3 Å². The Balaban J connectivity index is 2.71. The normalized spacial score (nSPS) is 13.2. The Morgan fingerprint density at radius 1 is 1.50 bits per heavy atom. The third-order valence-electron chi connectivity index (χ3n) is 2.38. The Morgan fingerprint density at radius 3 is 2.62 bits per heavy atom. The number of hydrogen-bond donors (Lipinski definition) is 2. The van der Waals surface area contributed by atoms with Crippen LogP contribution in [0.3, 0.4) is 0 Å². The van der Waals surface area contributed by atoms with Gasteiger partial charge in [-0.05, 0) is 5.41 Å². The van der Waals surface area contributed by atoms with Gasteiger partial charge < -0.3 is 11.1 Å². The number of aromatic nitrogens is 2. The van der Waals surface area contributed by atoms with Crippen molar-refractivity contribution in [2.45, 2.75) is 26.8 Å². The second-order valence-corrected chi connectivity index (χ2v) is 4.72. The highest BCUT2D eigenvalue weighted by molar-refractivity contribution is 5.92. The van der Waals surface area contributed by atoms with Gasteiger partial charge >= 0.3 is 0 Å². The van der Waals surface area contributed by atoms with Crippen molar-refractivity contribution in [1.29, 1.82) is 0 Å². The predicted molar refractivity (Wildman–Crippen MR) is 61.8 cm³/mol. The summed E-state index contributed by atoms with van der Waals surface area (Å²) in [4.78, 5) is 19.6.